The van der Waals surface area contributed by atoms with Gasteiger partial charge < -0.3 is 20.3 Å². The first-order valence-electron chi connectivity index (χ1n) is 16.0. The second kappa shape index (κ2) is 15.7. The Morgan fingerprint density at radius 2 is 1.60 bits per heavy atom. The number of rotatable bonds is 12. The van der Waals surface area contributed by atoms with E-state index in [1.165, 1.54) is 11.1 Å². The standard InChI is InChI=1S/C36H46N4O3/c1-2-3-7-28-10-12-31(13-11-28)35(41)38-32-14-15-34(33(27-32)36(42)37-18-21-39-22-24-43-25-23-39)40-19-16-30(17-20-40)26-29-8-5-4-6-9-29/h4-6,8-15,27,30H,2-3,7,16-26H2,1H3,(H,37,42)(H,38,41). The number of morpholine rings is 1. The smallest absolute Gasteiger partial charge is 0.255 e. The monoisotopic (exact) mass is 582 g/mol. The van der Waals surface area contributed by atoms with Crippen molar-refractivity contribution in [2.24, 2.45) is 5.92 Å². The molecule has 2 aliphatic rings. The lowest BCUT2D eigenvalue weighted by molar-refractivity contribution is 0.0383. The van der Waals surface area contributed by atoms with E-state index in [-0.39, 0.29) is 11.8 Å². The van der Waals surface area contributed by atoms with Crippen LogP contribution in [-0.2, 0) is 17.6 Å². The quantitative estimate of drug-likeness (QED) is 0.282. The van der Waals surface area contributed by atoms with Gasteiger partial charge in [0.2, 0.25) is 0 Å². The number of anilines is 2. The minimum Gasteiger partial charge on any atom is -0.379 e. The summed E-state index contributed by atoms with van der Waals surface area (Å²) in [7, 11) is 0. The van der Waals surface area contributed by atoms with Crippen LogP contribution in [0.2, 0.25) is 0 Å². The van der Waals surface area contributed by atoms with Crippen molar-refractivity contribution >= 4 is 23.2 Å². The number of amides is 2. The van der Waals surface area contributed by atoms with Crippen molar-refractivity contribution in [3.05, 3.63) is 95.1 Å². The van der Waals surface area contributed by atoms with Crippen LogP contribution in [0.5, 0.6) is 0 Å². The Hall–Kier alpha value is -3.68. The second-order valence-electron chi connectivity index (χ2n) is 11.8. The van der Waals surface area contributed by atoms with E-state index in [2.05, 4.69) is 57.7 Å². The number of nitrogens with one attached hydrogen (secondary N) is 2. The van der Waals surface area contributed by atoms with Crippen molar-refractivity contribution in [2.45, 2.75) is 45.4 Å². The van der Waals surface area contributed by atoms with Crippen molar-refractivity contribution in [1.82, 2.24) is 10.2 Å². The minimum absolute atomic E-state index is 0.106. The summed E-state index contributed by atoms with van der Waals surface area (Å²) in [5.41, 5.74) is 5.40. The molecular formula is C36H46N4O3. The molecule has 2 fully saturated rings. The molecule has 228 valence electrons. The van der Waals surface area contributed by atoms with Crippen molar-refractivity contribution in [1.29, 1.82) is 0 Å². The fourth-order valence-corrected chi connectivity index (χ4v) is 6.05. The van der Waals surface area contributed by atoms with Gasteiger partial charge in [-0.1, -0.05) is 55.8 Å². The summed E-state index contributed by atoms with van der Waals surface area (Å²) in [5, 5.41) is 6.17. The van der Waals surface area contributed by atoms with Crippen LogP contribution in [0.4, 0.5) is 11.4 Å². The molecule has 2 N–H and O–H groups in total. The molecule has 3 aromatic rings. The van der Waals surface area contributed by atoms with Gasteiger partial charge in [0, 0.05) is 56.2 Å². The molecule has 0 aliphatic carbocycles. The van der Waals surface area contributed by atoms with Crippen LogP contribution in [0.25, 0.3) is 0 Å². The van der Waals surface area contributed by atoms with Crippen LogP contribution in [0.3, 0.4) is 0 Å². The van der Waals surface area contributed by atoms with Crippen LogP contribution in [0, 0.1) is 5.92 Å². The van der Waals surface area contributed by atoms with Crippen molar-refractivity contribution < 1.29 is 14.3 Å². The molecular weight excluding hydrogens is 536 g/mol. The molecule has 2 saturated heterocycles. The third-order valence-corrected chi connectivity index (χ3v) is 8.67. The Morgan fingerprint density at radius 3 is 2.33 bits per heavy atom. The van der Waals surface area contributed by atoms with Gasteiger partial charge in [0.25, 0.3) is 11.8 Å². The lowest BCUT2D eigenvalue weighted by atomic mass is 9.89. The van der Waals surface area contributed by atoms with E-state index < -0.39 is 0 Å². The van der Waals surface area contributed by atoms with Gasteiger partial charge in [0.05, 0.1) is 18.8 Å². The molecule has 0 bridgehead atoms. The lowest BCUT2D eigenvalue weighted by Gasteiger charge is -2.35. The highest BCUT2D eigenvalue weighted by molar-refractivity contribution is 6.06. The van der Waals surface area contributed by atoms with Crippen LogP contribution < -0.4 is 15.5 Å². The zero-order valence-corrected chi connectivity index (χ0v) is 25.5. The molecule has 0 saturated carbocycles. The molecule has 0 aromatic heterocycles. The lowest BCUT2D eigenvalue weighted by Crippen LogP contribution is -2.41. The average molecular weight is 583 g/mol. The van der Waals surface area contributed by atoms with Crippen molar-refractivity contribution in [2.75, 3.05) is 62.7 Å². The Kier molecular flexibility index (Phi) is 11.2. The third kappa shape index (κ3) is 8.91. The SMILES string of the molecule is CCCCc1ccc(C(=O)Nc2ccc(N3CCC(Cc4ccccc4)CC3)c(C(=O)NCCN3CCOCC3)c2)cc1. The topological polar surface area (TPSA) is 73.9 Å². The minimum atomic E-state index is -0.171. The van der Waals surface area contributed by atoms with E-state index in [1.807, 2.05) is 42.5 Å². The molecule has 43 heavy (non-hydrogen) atoms. The predicted molar refractivity (Wildman–Crippen MR) is 174 cm³/mol. The summed E-state index contributed by atoms with van der Waals surface area (Å²) < 4.78 is 5.45. The molecule has 2 aliphatic heterocycles. The highest BCUT2D eigenvalue weighted by atomic mass is 16.5. The van der Waals surface area contributed by atoms with Crippen molar-refractivity contribution in [3.63, 3.8) is 0 Å². The number of hydrogen-bond acceptors (Lipinski definition) is 5. The highest BCUT2D eigenvalue weighted by Crippen LogP contribution is 2.30. The molecule has 3 aromatic carbocycles. The van der Waals surface area contributed by atoms with E-state index in [1.54, 1.807) is 0 Å². The Morgan fingerprint density at radius 1 is 0.860 bits per heavy atom. The highest BCUT2D eigenvalue weighted by Gasteiger charge is 2.24. The van der Waals surface area contributed by atoms with Crippen molar-refractivity contribution in [3.8, 4) is 0 Å². The first-order valence-corrected chi connectivity index (χ1v) is 16.0. The van der Waals surface area contributed by atoms with E-state index in [4.69, 9.17) is 4.74 Å². The maximum absolute atomic E-state index is 13.6. The van der Waals surface area contributed by atoms with Crippen LogP contribution >= 0.6 is 0 Å². The van der Waals surface area contributed by atoms with Gasteiger partial charge in [-0.05, 0) is 79.5 Å². The number of carbonyl (C=O) groups is 2. The molecule has 2 amide bonds. The number of piperidine rings is 1. The average Bonchev–Trinajstić information content (AvgIpc) is 3.05. The Labute approximate surface area is 256 Å². The number of hydrogen-bond donors (Lipinski definition) is 2. The molecule has 0 radical (unpaired) electrons. The van der Waals surface area contributed by atoms with Gasteiger partial charge in [0.15, 0.2) is 0 Å². The molecule has 7 nitrogen and oxygen atoms in total. The van der Waals surface area contributed by atoms with Crippen LogP contribution in [0.1, 0.15) is 64.4 Å². The van der Waals surface area contributed by atoms with Gasteiger partial charge in [-0.15, -0.1) is 0 Å². The Bertz CT molecular complexity index is 1310. The second-order valence-corrected chi connectivity index (χ2v) is 11.8. The zero-order valence-electron chi connectivity index (χ0n) is 25.5. The van der Waals surface area contributed by atoms with Gasteiger partial charge in [0.1, 0.15) is 0 Å². The van der Waals surface area contributed by atoms with Crippen LogP contribution in [-0.4, -0.2) is 69.2 Å². The molecule has 5 rings (SSSR count). The van der Waals surface area contributed by atoms with Crippen LogP contribution in [0.15, 0.2) is 72.8 Å². The normalized spacial score (nSPS) is 16.2. The first kappa shape index (κ1) is 30.8. The number of benzene rings is 3. The maximum Gasteiger partial charge on any atom is 0.255 e. The van der Waals surface area contributed by atoms with Gasteiger partial charge in [-0.3, -0.25) is 14.5 Å². The fraction of sp³-hybridized carbons (Fsp3) is 0.444. The molecule has 0 spiro atoms. The number of unbranched alkanes of at least 4 members (excludes halogenated alkanes) is 1. The van der Waals surface area contributed by atoms with E-state index in [0.717, 1.165) is 90.1 Å². The van der Waals surface area contributed by atoms with Gasteiger partial charge in [-0.2, -0.15) is 0 Å². The number of ether oxygens (including phenoxy) is 1. The Balaban J connectivity index is 1.26. The van der Waals surface area contributed by atoms with Gasteiger partial charge in [-0.25, -0.2) is 0 Å². The largest absolute Gasteiger partial charge is 0.379 e. The first-order chi connectivity index (χ1) is 21.1. The predicted octanol–water partition coefficient (Wildman–Crippen LogP) is 5.80. The fourth-order valence-electron chi connectivity index (χ4n) is 6.05. The summed E-state index contributed by atoms with van der Waals surface area (Å²) in [6.45, 7) is 8.60. The number of aryl methyl sites for hydroxylation is 1. The summed E-state index contributed by atoms with van der Waals surface area (Å²) in [6, 6.07) is 24.3. The molecule has 2 heterocycles. The molecule has 0 atom stereocenters. The third-order valence-electron chi connectivity index (χ3n) is 8.67. The summed E-state index contributed by atoms with van der Waals surface area (Å²) in [5.74, 6) is 0.359. The van der Waals surface area contributed by atoms with E-state index in [0.29, 0.717) is 29.3 Å². The summed E-state index contributed by atoms with van der Waals surface area (Å²) in [6.07, 6.45) is 6.56. The number of carbonyl (C=O) groups excluding carboxylic acids is 2. The van der Waals surface area contributed by atoms with E-state index in [9.17, 15) is 9.59 Å². The number of nitrogens with zero attached hydrogens (tertiary/aromatic N) is 2. The summed E-state index contributed by atoms with van der Waals surface area (Å²) in [4.78, 5) is 31.3. The summed E-state index contributed by atoms with van der Waals surface area (Å²) >= 11 is 0. The van der Waals surface area contributed by atoms with E-state index >= 15 is 0 Å². The molecule has 7 heteroatoms. The maximum atomic E-state index is 13.6. The molecule has 0 unspecified atom stereocenters. The van der Waals surface area contributed by atoms with Gasteiger partial charge >= 0.3 is 0 Å². The zero-order chi connectivity index (χ0) is 29.9.